The molecule has 0 N–H and O–H groups in total. The van der Waals surface area contributed by atoms with Gasteiger partial charge in [0.05, 0.1) is 13.7 Å². The van der Waals surface area contributed by atoms with E-state index < -0.39 is 0 Å². The number of ether oxygens (including phenoxy) is 2. The normalized spacial score (nSPS) is 10.1. The summed E-state index contributed by atoms with van der Waals surface area (Å²) in [7, 11) is 3.41. The zero-order valence-corrected chi connectivity index (χ0v) is 8.46. The second-order valence-corrected chi connectivity index (χ2v) is 2.99. The van der Waals surface area contributed by atoms with Crippen LogP contribution in [0.3, 0.4) is 0 Å². The lowest BCUT2D eigenvalue weighted by Crippen LogP contribution is -1.98. The molecule has 0 bridgehead atoms. The van der Waals surface area contributed by atoms with Crippen molar-refractivity contribution >= 4 is 0 Å². The Morgan fingerprint density at radius 3 is 2.62 bits per heavy atom. The average molecular weight is 180 g/mol. The fourth-order valence-corrected chi connectivity index (χ4v) is 1.36. The van der Waals surface area contributed by atoms with E-state index in [1.54, 1.807) is 14.2 Å². The van der Waals surface area contributed by atoms with Crippen LogP contribution in [0.5, 0.6) is 5.75 Å². The zero-order chi connectivity index (χ0) is 9.68. The monoisotopic (exact) mass is 180 g/mol. The van der Waals surface area contributed by atoms with Gasteiger partial charge in [-0.1, -0.05) is 12.1 Å². The summed E-state index contributed by atoms with van der Waals surface area (Å²) in [5.41, 5.74) is 2.50. The molecule has 2 heteroatoms. The SMILES string of the molecule is COCCc1cccc(OC)c1C. The van der Waals surface area contributed by atoms with Crippen LogP contribution in [-0.2, 0) is 11.2 Å². The van der Waals surface area contributed by atoms with Gasteiger partial charge >= 0.3 is 0 Å². The molecule has 0 fully saturated rings. The Morgan fingerprint density at radius 1 is 1.23 bits per heavy atom. The van der Waals surface area contributed by atoms with E-state index in [0.717, 1.165) is 18.8 Å². The minimum Gasteiger partial charge on any atom is -0.496 e. The first kappa shape index (κ1) is 10.1. The fraction of sp³-hybridized carbons (Fsp3) is 0.455. The molecule has 0 aliphatic heterocycles. The van der Waals surface area contributed by atoms with Crippen molar-refractivity contribution in [2.45, 2.75) is 13.3 Å². The summed E-state index contributed by atoms with van der Waals surface area (Å²) in [4.78, 5) is 0. The van der Waals surface area contributed by atoms with Gasteiger partial charge in [-0.2, -0.15) is 0 Å². The van der Waals surface area contributed by atoms with E-state index in [4.69, 9.17) is 9.47 Å². The van der Waals surface area contributed by atoms with Crippen molar-refractivity contribution in [1.82, 2.24) is 0 Å². The van der Waals surface area contributed by atoms with Gasteiger partial charge in [0.1, 0.15) is 5.75 Å². The van der Waals surface area contributed by atoms with Crippen molar-refractivity contribution < 1.29 is 9.47 Å². The molecule has 13 heavy (non-hydrogen) atoms. The van der Waals surface area contributed by atoms with Crippen LogP contribution in [0.4, 0.5) is 0 Å². The summed E-state index contributed by atoms with van der Waals surface area (Å²) in [6.45, 7) is 2.83. The Labute approximate surface area is 79.5 Å². The highest BCUT2D eigenvalue weighted by Crippen LogP contribution is 2.20. The summed E-state index contributed by atoms with van der Waals surface area (Å²) in [5, 5.41) is 0. The van der Waals surface area contributed by atoms with Crippen molar-refractivity contribution in [2.24, 2.45) is 0 Å². The third-order valence-corrected chi connectivity index (χ3v) is 2.19. The van der Waals surface area contributed by atoms with Crippen LogP contribution in [0.15, 0.2) is 18.2 Å². The predicted octanol–water partition coefficient (Wildman–Crippen LogP) is 2.19. The van der Waals surface area contributed by atoms with Crippen molar-refractivity contribution in [3.63, 3.8) is 0 Å². The number of hydrogen-bond acceptors (Lipinski definition) is 2. The van der Waals surface area contributed by atoms with Gasteiger partial charge < -0.3 is 9.47 Å². The maximum absolute atomic E-state index is 5.22. The third-order valence-electron chi connectivity index (χ3n) is 2.19. The number of rotatable bonds is 4. The quantitative estimate of drug-likeness (QED) is 0.707. The highest BCUT2D eigenvalue weighted by molar-refractivity contribution is 5.39. The van der Waals surface area contributed by atoms with E-state index in [9.17, 15) is 0 Å². The topological polar surface area (TPSA) is 18.5 Å². The summed E-state index contributed by atoms with van der Waals surface area (Å²) < 4.78 is 10.3. The van der Waals surface area contributed by atoms with Crippen molar-refractivity contribution in [2.75, 3.05) is 20.8 Å². The first-order chi connectivity index (χ1) is 6.29. The highest BCUT2D eigenvalue weighted by Gasteiger charge is 2.02. The van der Waals surface area contributed by atoms with Crippen molar-refractivity contribution in [1.29, 1.82) is 0 Å². The van der Waals surface area contributed by atoms with Crippen molar-refractivity contribution in [3.8, 4) is 5.75 Å². The molecule has 0 atom stereocenters. The molecule has 2 nitrogen and oxygen atoms in total. The molecule has 0 unspecified atom stereocenters. The Hall–Kier alpha value is -1.02. The molecule has 0 aliphatic carbocycles. The smallest absolute Gasteiger partial charge is 0.122 e. The molecule has 0 spiro atoms. The van der Waals surface area contributed by atoms with Gasteiger partial charge in [0.2, 0.25) is 0 Å². The Kier molecular flexibility index (Phi) is 3.77. The van der Waals surface area contributed by atoms with Crippen molar-refractivity contribution in [3.05, 3.63) is 29.3 Å². The first-order valence-electron chi connectivity index (χ1n) is 4.41. The molecule has 0 saturated heterocycles. The molecule has 0 radical (unpaired) electrons. The fourth-order valence-electron chi connectivity index (χ4n) is 1.36. The Morgan fingerprint density at radius 2 is 2.00 bits per heavy atom. The van der Waals surface area contributed by atoms with E-state index >= 15 is 0 Å². The lowest BCUT2D eigenvalue weighted by atomic mass is 10.1. The first-order valence-corrected chi connectivity index (χ1v) is 4.41. The predicted molar refractivity (Wildman–Crippen MR) is 53.3 cm³/mol. The standard InChI is InChI=1S/C11H16O2/c1-9-10(7-8-12-2)5-4-6-11(9)13-3/h4-6H,7-8H2,1-3H3. The van der Waals surface area contributed by atoms with Crippen LogP contribution in [0, 0.1) is 6.92 Å². The van der Waals surface area contributed by atoms with Crippen LogP contribution in [0.1, 0.15) is 11.1 Å². The maximum Gasteiger partial charge on any atom is 0.122 e. The molecule has 0 amide bonds. The molecular weight excluding hydrogens is 164 g/mol. The largest absolute Gasteiger partial charge is 0.496 e. The second kappa shape index (κ2) is 4.87. The maximum atomic E-state index is 5.22. The number of hydrogen-bond donors (Lipinski definition) is 0. The van der Waals surface area contributed by atoms with Gasteiger partial charge in [0.15, 0.2) is 0 Å². The molecule has 1 rings (SSSR count). The minimum atomic E-state index is 0.758. The third kappa shape index (κ3) is 2.46. The van der Waals surface area contributed by atoms with Crippen LogP contribution >= 0.6 is 0 Å². The van der Waals surface area contributed by atoms with Gasteiger partial charge in [-0.05, 0) is 30.5 Å². The van der Waals surface area contributed by atoms with Gasteiger partial charge in [-0.15, -0.1) is 0 Å². The van der Waals surface area contributed by atoms with Gasteiger partial charge in [-0.3, -0.25) is 0 Å². The molecule has 0 heterocycles. The highest BCUT2D eigenvalue weighted by atomic mass is 16.5. The summed E-state index contributed by atoms with van der Waals surface area (Å²) in [6.07, 6.45) is 0.944. The Balaban J connectivity index is 2.81. The van der Waals surface area contributed by atoms with E-state index in [2.05, 4.69) is 13.0 Å². The van der Waals surface area contributed by atoms with E-state index in [1.807, 2.05) is 12.1 Å². The molecule has 72 valence electrons. The van der Waals surface area contributed by atoms with Gasteiger partial charge in [0, 0.05) is 7.11 Å². The van der Waals surface area contributed by atoms with E-state index in [-0.39, 0.29) is 0 Å². The van der Waals surface area contributed by atoms with Gasteiger partial charge in [-0.25, -0.2) is 0 Å². The van der Waals surface area contributed by atoms with E-state index in [1.165, 1.54) is 11.1 Å². The lowest BCUT2D eigenvalue weighted by Gasteiger charge is -2.09. The molecule has 1 aromatic carbocycles. The van der Waals surface area contributed by atoms with Gasteiger partial charge in [0.25, 0.3) is 0 Å². The summed E-state index contributed by atoms with van der Waals surface area (Å²) in [6, 6.07) is 6.10. The van der Waals surface area contributed by atoms with Crippen LogP contribution in [0.2, 0.25) is 0 Å². The van der Waals surface area contributed by atoms with Crippen LogP contribution in [-0.4, -0.2) is 20.8 Å². The molecule has 0 aromatic heterocycles. The Bertz CT molecular complexity index is 269. The van der Waals surface area contributed by atoms with Crippen LogP contribution in [0.25, 0.3) is 0 Å². The number of benzene rings is 1. The molecule has 0 aliphatic rings. The zero-order valence-electron chi connectivity index (χ0n) is 8.46. The molecule has 1 aromatic rings. The average Bonchev–Trinajstić information content (AvgIpc) is 2.16. The minimum absolute atomic E-state index is 0.758. The summed E-state index contributed by atoms with van der Waals surface area (Å²) in [5.74, 6) is 0.952. The molecular formula is C11H16O2. The second-order valence-electron chi connectivity index (χ2n) is 2.99. The summed E-state index contributed by atoms with van der Waals surface area (Å²) >= 11 is 0. The number of methoxy groups -OCH3 is 2. The van der Waals surface area contributed by atoms with E-state index in [0.29, 0.717) is 0 Å². The lowest BCUT2D eigenvalue weighted by molar-refractivity contribution is 0.202. The van der Waals surface area contributed by atoms with Crippen LogP contribution < -0.4 is 4.74 Å². The molecule has 0 saturated carbocycles.